The van der Waals surface area contributed by atoms with Crippen LogP contribution in [0.3, 0.4) is 0 Å². The van der Waals surface area contributed by atoms with Crippen LogP contribution in [0.25, 0.3) is 10.8 Å². The second-order valence-corrected chi connectivity index (χ2v) is 6.97. The van der Waals surface area contributed by atoms with Gasteiger partial charge in [0.1, 0.15) is 18.1 Å². The van der Waals surface area contributed by atoms with Gasteiger partial charge in [-0.25, -0.2) is 4.98 Å². The molecule has 128 valence electrons. The van der Waals surface area contributed by atoms with Crippen molar-refractivity contribution in [2.75, 3.05) is 0 Å². The fourth-order valence-corrected chi connectivity index (χ4v) is 4.01. The zero-order valence-electron chi connectivity index (χ0n) is 13.9. The number of nitrogens with zero attached hydrogens (tertiary/aromatic N) is 4. The van der Waals surface area contributed by atoms with Gasteiger partial charge in [0, 0.05) is 21.0 Å². The third-order valence-electron chi connectivity index (χ3n) is 4.49. The van der Waals surface area contributed by atoms with E-state index in [-0.39, 0.29) is 0 Å². The molecule has 0 amide bonds. The summed E-state index contributed by atoms with van der Waals surface area (Å²) in [6, 6.07) is 12.1. The molecule has 0 aliphatic carbocycles. The number of halogens is 2. The molecule has 0 spiro atoms. The number of benzene rings is 2. The molecule has 1 unspecified atom stereocenters. The highest BCUT2D eigenvalue weighted by Gasteiger charge is 2.36. The van der Waals surface area contributed by atoms with Gasteiger partial charge < -0.3 is 0 Å². The van der Waals surface area contributed by atoms with E-state index in [4.69, 9.17) is 23.2 Å². The summed E-state index contributed by atoms with van der Waals surface area (Å²) in [6.07, 6.45) is 5.69. The largest absolute Gasteiger partial charge is 0.251 e. The van der Waals surface area contributed by atoms with E-state index in [2.05, 4.69) is 23.1 Å². The van der Waals surface area contributed by atoms with E-state index in [0.29, 0.717) is 23.0 Å². The van der Waals surface area contributed by atoms with Crippen molar-refractivity contribution < 1.29 is 0 Å². The van der Waals surface area contributed by atoms with Crippen LogP contribution in [0.5, 0.6) is 0 Å². The van der Waals surface area contributed by atoms with E-state index in [1.807, 2.05) is 24.3 Å². The molecular formula is C19H18Cl2N4. The van der Waals surface area contributed by atoms with E-state index in [1.165, 1.54) is 6.33 Å². The highest BCUT2D eigenvalue weighted by Crippen LogP contribution is 2.42. The van der Waals surface area contributed by atoms with Crippen molar-refractivity contribution in [2.45, 2.75) is 38.1 Å². The lowest BCUT2D eigenvalue weighted by Gasteiger charge is -2.29. The molecule has 6 heteroatoms. The minimum atomic E-state index is -0.801. The van der Waals surface area contributed by atoms with Gasteiger partial charge in [-0.15, -0.1) is 0 Å². The zero-order chi connectivity index (χ0) is 17.9. The Morgan fingerprint density at radius 3 is 2.60 bits per heavy atom. The summed E-state index contributed by atoms with van der Waals surface area (Å²) in [5, 5.41) is 17.3. The summed E-state index contributed by atoms with van der Waals surface area (Å²) < 4.78 is 1.69. The third kappa shape index (κ3) is 3.35. The van der Waals surface area contributed by atoms with Crippen LogP contribution in [0.2, 0.25) is 10.0 Å². The van der Waals surface area contributed by atoms with E-state index in [1.54, 1.807) is 17.1 Å². The van der Waals surface area contributed by atoms with E-state index in [9.17, 15) is 5.26 Å². The van der Waals surface area contributed by atoms with Crippen LogP contribution in [0.15, 0.2) is 43.0 Å². The lowest BCUT2D eigenvalue weighted by molar-refractivity contribution is 0.393. The maximum atomic E-state index is 10.2. The van der Waals surface area contributed by atoms with Crippen molar-refractivity contribution in [3.63, 3.8) is 0 Å². The van der Waals surface area contributed by atoms with Crippen molar-refractivity contribution in [3.8, 4) is 6.07 Å². The standard InChI is InChI=1S/C19H18Cl2N4/c1-2-3-8-19(10-22,11-25-13-23-12-24-25)18-15-7-5-4-6-14(15)16(20)9-17(18)21/h4-7,9,12-13H,2-3,8,11H2,1H3. The molecular weight excluding hydrogens is 355 g/mol. The van der Waals surface area contributed by atoms with Crippen molar-refractivity contribution in [3.05, 3.63) is 58.6 Å². The van der Waals surface area contributed by atoms with Gasteiger partial charge in [-0.3, -0.25) is 4.68 Å². The van der Waals surface area contributed by atoms with Gasteiger partial charge in [-0.2, -0.15) is 10.4 Å². The van der Waals surface area contributed by atoms with Crippen LogP contribution < -0.4 is 0 Å². The molecule has 25 heavy (non-hydrogen) atoms. The van der Waals surface area contributed by atoms with Crippen molar-refractivity contribution in [2.24, 2.45) is 0 Å². The van der Waals surface area contributed by atoms with Gasteiger partial charge in [0.05, 0.1) is 12.6 Å². The molecule has 2 aromatic carbocycles. The van der Waals surface area contributed by atoms with Crippen LogP contribution in [0.1, 0.15) is 31.7 Å². The summed E-state index contributed by atoms with van der Waals surface area (Å²) in [7, 11) is 0. The summed E-state index contributed by atoms with van der Waals surface area (Å²) in [5.41, 5.74) is 0.0194. The molecule has 1 heterocycles. The summed E-state index contributed by atoms with van der Waals surface area (Å²) in [6.45, 7) is 2.51. The van der Waals surface area contributed by atoms with Crippen LogP contribution >= 0.6 is 23.2 Å². The molecule has 0 aliphatic heterocycles. The first-order chi connectivity index (χ1) is 12.1. The fourth-order valence-electron chi connectivity index (χ4n) is 3.29. The second-order valence-electron chi connectivity index (χ2n) is 6.15. The van der Waals surface area contributed by atoms with E-state index >= 15 is 0 Å². The maximum absolute atomic E-state index is 10.2. The number of unbranched alkanes of at least 4 members (excludes halogenated alkanes) is 1. The quantitative estimate of drug-likeness (QED) is 0.582. The Hall–Kier alpha value is -2.09. The average molecular weight is 373 g/mol. The summed E-state index contributed by atoms with van der Waals surface area (Å²) in [5.74, 6) is 0. The molecule has 3 aromatic rings. The summed E-state index contributed by atoms with van der Waals surface area (Å²) in [4.78, 5) is 4.00. The smallest absolute Gasteiger partial charge is 0.137 e. The molecule has 3 rings (SSSR count). The maximum Gasteiger partial charge on any atom is 0.137 e. The monoisotopic (exact) mass is 372 g/mol. The average Bonchev–Trinajstić information content (AvgIpc) is 3.12. The molecule has 1 aromatic heterocycles. The number of hydrogen-bond acceptors (Lipinski definition) is 3. The molecule has 4 nitrogen and oxygen atoms in total. The fraction of sp³-hybridized carbons (Fsp3) is 0.316. The molecule has 0 radical (unpaired) electrons. The molecule has 0 aliphatic rings. The molecule has 1 atom stereocenters. The molecule has 0 N–H and O–H groups in total. The van der Waals surface area contributed by atoms with E-state index in [0.717, 1.165) is 29.2 Å². The normalized spacial score (nSPS) is 13.5. The van der Waals surface area contributed by atoms with Gasteiger partial charge in [0.15, 0.2) is 0 Å². The molecule has 0 saturated heterocycles. The van der Waals surface area contributed by atoms with Crippen LogP contribution in [-0.4, -0.2) is 14.8 Å². The van der Waals surface area contributed by atoms with E-state index < -0.39 is 5.41 Å². The highest BCUT2D eigenvalue weighted by atomic mass is 35.5. The minimum absolute atomic E-state index is 0.398. The Morgan fingerprint density at radius 1 is 1.20 bits per heavy atom. The third-order valence-corrected chi connectivity index (χ3v) is 5.10. The first kappa shape index (κ1) is 17.7. The topological polar surface area (TPSA) is 54.5 Å². The zero-order valence-corrected chi connectivity index (χ0v) is 15.4. The number of hydrogen-bond donors (Lipinski definition) is 0. The van der Waals surface area contributed by atoms with Crippen LogP contribution in [-0.2, 0) is 12.0 Å². The number of nitriles is 1. The number of fused-ring (bicyclic) bond motifs is 1. The predicted molar refractivity (Wildman–Crippen MR) is 101 cm³/mol. The minimum Gasteiger partial charge on any atom is -0.251 e. The lowest BCUT2D eigenvalue weighted by Crippen LogP contribution is -2.31. The van der Waals surface area contributed by atoms with Crippen molar-refractivity contribution in [1.29, 1.82) is 5.26 Å². The van der Waals surface area contributed by atoms with Gasteiger partial charge in [0.2, 0.25) is 0 Å². The molecule has 0 bridgehead atoms. The summed E-state index contributed by atoms with van der Waals surface area (Å²) >= 11 is 13.0. The highest BCUT2D eigenvalue weighted by molar-refractivity contribution is 6.39. The molecule has 0 saturated carbocycles. The Bertz CT molecular complexity index is 915. The first-order valence-electron chi connectivity index (χ1n) is 8.22. The van der Waals surface area contributed by atoms with Gasteiger partial charge in [-0.1, -0.05) is 67.2 Å². The van der Waals surface area contributed by atoms with Crippen LogP contribution in [0, 0.1) is 11.3 Å². The Morgan fingerprint density at radius 2 is 1.96 bits per heavy atom. The first-order valence-corrected chi connectivity index (χ1v) is 8.98. The Kier molecular flexibility index (Phi) is 5.27. The molecule has 0 fully saturated rings. The van der Waals surface area contributed by atoms with Gasteiger partial charge in [0.25, 0.3) is 0 Å². The predicted octanol–water partition coefficient (Wildman–Crippen LogP) is 5.39. The van der Waals surface area contributed by atoms with Crippen molar-refractivity contribution >= 4 is 34.0 Å². The number of aromatic nitrogens is 3. The lowest BCUT2D eigenvalue weighted by atomic mass is 9.75. The Balaban J connectivity index is 2.26. The van der Waals surface area contributed by atoms with Crippen molar-refractivity contribution in [1.82, 2.24) is 14.8 Å². The van der Waals surface area contributed by atoms with Gasteiger partial charge >= 0.3 is 0 Å². The second kappa shape index (κ2) is 7.43. The SMILES string of the molecule is CCCCC(C#N)(Cn1cncn1)c1c(Cl)cc(Cl)c2ccccc12. The number of rotatable bonds is 6. The van der Waals surface area contributed by atoms with Crippen LogP contribution in [0.4, 0.5) is 0 Å². The Labute approximate surface area is 157 Å². The van der Waals surface area contributed by atoms with Gasteiger partial charge in [-0.05, 0) is 17.9 Å².